The second kappa shape index (κ2) is 10.7. The average Bonchev–Trinajstić information content (AvgIpc) is 2.83. The van der Waals surface area contributed by atoms with Crippen LogP contribution in [-0.4, -0.2) is 31.5 Å². The van der Waals surface area contributed by atoms with Gasteiger partial charge in [-0.2, -0.15) is 5.10 Å². The maximum absolute atomic E-state index is 13.4. The lowest BCUT2D eigenvalue weighted by atomic mass is 10.1. The molecule has 11 heteroatoms. The first-order valence-electron chi connectivity index (χ1n) is 10.4. The van der Waals surface area contributed by atoms with Crippen LogP contribution in [0.4, 0.5) is 11.4 Å². The summed E-state index contributed by atoms with van der Waals surface area (Å²) < 4.78 is 27.9. The number of sulfonamides is 1. The molecular weight excluding hydrogens is 492 g/mol. The number of nitrogens with one attached hydrogen (secondary N) is 1. The van der Waals surface area contributed by atoms with Crippen molar-refractivity contribution in [1.82, 2.24) is 5.43 Å². The molecule has 1 amide bonds. The summed E-state index contributed by atoms with van der Waals surface area (Å²) in [6.07, 6.45) is 0. The molecule has 3 aromatic rings. The quantitative estimate of drug-likeness (QED) is 0.267. The van der Waals surface area contributed by atoms with E-state index >= 15 is 0 Å². The maximum atomic E-state index is 13.4. The molecule has 0 aliphatic carbocycles. The van der Waals surface area contributed by atoms with E-state index in [2.05, 4.69) is 10.5 Å². The molecule has 0 saturated heterocycles. The van der Waals surface area contributed by atoms with Crippen molar-refractivity contribution < 1.29 is 18.1 Å². The SMILES string of the molecule is C/C(=N/NC(=O)CN(c1ccc(C)c(C)c1)S(=O)(=O)c1ccc(Cl)cc1)c1ccc([N+](=O)[O-])cc1. The second-order valence-corrected chi connectivity index (χ2v) is 10.1. The highest BCUT2D eigenvalue weighted by atomic mass is 35.5. The number of hydrogen-bond acceptors (Lipinski definition) is 6. The lowest BCUT2D eigenvalue weighted by Crippen LogP contribution is -2.39. The van der Waals surface area contributed by atoms with E-state index in [-0.39, 0.29) is 10.6 Å². The molecule has 0 atom stereocenters. The topological polar surface area (TPSA) is 122 Å². The van der Waals surface area contributed by atoms with Gasteiger partial charge in [0.05, 0.1) is 21.2 Å². The van der Waals surface area contributed by atoms with E-state index < -0.39 is 27.4 Å². The molecule has 3 aromatic carbocycles. The van der Waals surface area contributed by atoms with E-state index in [1.807, 2.05) is 13.8 Å². The molecule has 0 radical (unpaired) electrons. The Bertz CT molecular complexity index is 1390. The fraction of sp³-hybridized carbons (Fsp3) is 0.167. The van der Waals surface area contributed by atoms with E-state index in [9.17, 15) is 23.3 Å². The Labute approximate surface area is 208 Å². The number of hydrazone groups is 1. The highest BCUT2D eigenvalue weighted by Gasteiger charge is 2.27. The molecule has 9 nitrogen and oxygen atoms in total. The fourth-order valence-corrected chi connectivity index (χ4v) is 4.67. The number of carbonyl (C=O) groups is 1. The number of anilines is 1. The van der Waals surface area contributed by atoms with Gasteiger partial charge in [-0.15, -0.1) is 0 Å². The number of non-ortho nitro benzene ring substituents is 1. The summed E-state index contributed by atoms with van der Waals surface area (Å²) >= 11 is 5.91. The molecule has 0 heterocycles. The van der Waals surface area contributed by atoms with Crippen LogP contribution in [0.1, 0.15) is 23.6 Å². The number of carbonyl (C=O) groups excluding carboxylic acids is 1. The van der Waals surface area contributed by atoms with Crippen molar-refractivity contribution in [1.29, 1.82) is 0 Å². The molecule has 0 saturated carbocycles. The van der Waals surface area contributed by atoms with E-state index in [0.717, 1.165) is 15.4 Å². The number of rotatable bonds is 8. The Morgan fingerprint density at radius 2 is 1.66 bits per heavy atom. The van der Waals surface area contributed by atoms with Gasteiger partial charge in [0.1, 0.15) is 6.54 Å². The molecule has 0 unspecified atom stereocenters. The highest BCUT2D eigenvalue weighted by molar-refractivity contribution is 7.92. The number of benzene rings is 3. The molecule has 35 heavy (non-hydrogen) atoms. The Kier molecular flexibility index (Phi) is 7.88. The largest absolute Gasteiger partial charge is 0.271 e. The van der Waals surface area contributed by atoms with Crippen LogP contribution in [0.3, 0.4) is 0 Å². The van der Waals surface area contributed by atoms with E-state index in [1.165, 1.54) is 48.5 Å². The van der Waals surface area contributed by atoms with Crippen molar-refractivity contribution in [3.63, 3.8) is 0 Å². The van der Waals surface area contributed by atoms with Crippen LogP contribution >= 0.6 is 11.6 Å². The van der Waals surface area contributed by atoms with Gasteiger partial charge in [-0.1, -0.05) is 17.7 Å². The summed E-state index contributed by atoms with van der Waals surface area (Å²) in [5.41, 5.74) is 5.43. The summed E-state index contributed by atoms with van der Waals surface area (Å²) in [7, 11) is -4.10. The molecule has 3 rings (SSSR count). The number of amides is 1. The van der Waals surface area contributed by atoms with Crippen molar-refractivity contribution in [2.75, 3.05) is 10.8 Å². The first-order chi connectivity index (χ1) is 16.5. The van der Waals surface area contributed by atoms with E-state index in [0.29, 0.717) is 22.0 Å². The van der Waals surface area contributed by atoms with E-state index in [4.69, 9.17) is 11.6 Å². The molecule has 0 fully saturated rings. The maximum Gasteiger partial charge on any atom is 0.269 e. The molecule has 182 valence electrons. The van der Waals surface area contributed by atoms with Crippen molar-refractivity contribution in [3.8, 4) is 0 Å². The Morgan fingerprint density at radius 1 is 1.03 bits per heavy atom. The van der Waals surface area contributed by atoms with Crippen LogP contribution in [0.15, 0.2) is 76.7 Å². The standard InChI is InChI=1S/C24H23ClN4O5S/c1-16-4-9-22(14-17(16)2)28(35(33,34)23-12-7-20(25)8-13-23)15-24(30)27-26-18(3)19-5-10-21(11-6-19)29(31)32/h4-14H,15H2,1-3H3,(H,27,30)/b26-18-. The third-order valence-electron chi connectivity index (χ3n) is 5.31. The second-order valence-electron chi connectivity index (χ2n) is 7.77. The van der Waals surface area contributed by atoms with Crippen molar-refractivity contribution in [3.05, 3.63) is 98.6 Å². The van der Waals surface area contributed by atoms with Crippen molar-refractivity contribution in [2.24, 2.45) is 5.10 Å². The lowest BCUT2D eigenvalue weighted by molar-refractivity contribution is -0.384. The summed E-state index contributed by atoms with van der Waals surface area (Å²) in [5, 5.41) is 15.2. The molecule has 0 spiro atoms. The Balaban J connectivity index is 1.87. The third kappa shape index (κ3) is 6.23. The zero-order valence-electron chi connectivity index (χ0n) is 19.2. The van der Waals surface area contributed by atoms with Gasteiger partial charge in [-0.05, 0) is 86.0 Å². The molecular formula is C24H23ClN4O5S. The van der Waals surface area contributed by atoms with Gasteiger partial charge in [0, 0.05) is 17.2 Å². The smallest absolute Gasteiger partial charge is 0.269 e. The number of halogens is 1. The number of aryl methyl sites for hydroxylation is 2. The minimum absolute atomic E-state index is 0.0153. The van der Waals surface area contributed by atoms with Crippen LogP contribution in [-0.2, 0) is 14.8 Å². The minimum atomic E-state index is -4.10. The lowest BCUT2D eigenvalue weighted by Gasteiger charge is -2.24. The van der Waals surface area contributed by atoms with Gasteiger partial charge in [-0.3, -0.25) is 19.2 Å². The molecule has 0 bridgehead atoms. The summed E-state index contributed by atoms with van der Waals surface area (Å²) in [4.78, 5) is 23.0. The third-order valence-corrected chi connectivity index (χ3v) is 7.35. The predicted octanol–water partition coefficient (Wildman–Crippen LogP) is 4.60. The van der Waals surface area contributed by atoms with Crippen LogP contribution in [0, 0.1) is 24.0 Å². The molecule has 1 N–H and O–H groups in total. The predicted molar refractivity (Wildman–Crippen MR) is 135 cm³/mol. The first kappa shape index (κ1) is 25.9. The monoisotopic (exact) mass is 514 g/mol. The van der Waals surface area contributed by atoms with Crippen LogP contribution in [0.25, 0.3) is 0 Å². The normalized spacial score (nSPS) is 11.7. The molecule has 0 aliphatic heterocycles. The average molecular weight is 515 g/mol. The molecule has 0 aromatic heterocycles. The Hall–Kier alpha value is -3.76. The summed E-state index contributed by atoms with van der Waals surface area (Å²) in [6, 6.07) is 16.5. The fourth-order valence-electron chi connectivity index (χ4n) is 3.13. The summed E-state index contributed by atoms with van der Waals surface area (Å²) in [5.74, 6) is -0.665. The molecule has 0 aliphatic rings. The van der Waals surface area contributed by atoms with Crippen molar-refractivity contribution in [2.45, 2.75) is 25.7 Å². The van der Waals surface area contributed by atoms with Gasteiger partial charge in [0.25, 0.3) is 21.6 Å². The minimum Gasteiger partial charge on any atom is -0.271 e. The zero-order valence-corrected chi connectivity index (χ0v) is 20.8. The number of nitro benzene ring substituents is 1. The zero-order chi connectivity index (χ0) is 25.8. The van der Waals surface area contributed by atoms with Gasteiger partial charge < -0.3 is 0 Å². The van der Waals surface area contributed by atoms with E-state index in [1.54, 1.807) is 25.1 Å². The summed E-state index contributed by atoms with van der Waals surface area (Å²) in [6.45, 7) is 4.85. The van der Waals surface area contributed by atoms with Gasteiger partial charge in [-0.25, -0.2) is 13.8 Å². The first-order valence-corrected chi connectivity index (χ1v) is 12.2. The number of hydrogen-bond donors (Lipinski definition) is 1. The van der Waals surface area contributed by atoms with Gasteiger partial charge in [0.2, 0.25) is 0 Å². The van der Waals surface area contributed by atoms with Crippen LogP contribution < -0.4 is 9.73 Å². The van der Waals surface area contributed by atoms with Crippen molar-refractivity contribution >= 4 is 44.6 Å². The number of nitrogens with zero attached hydrogens (tertiary/aromatic N) is 3. The van der Waals surface area contributed by atoms with Gasteiger partial charge >= 0.3 is 0 Å². The number of nitro groups is 1. The van der Waals surface area contributed by atoms with Crippen LogP contribution in [0.2, 0.25) is 5.02 Å². The highest BCUT2D eigenvalue weighted by Crippen LogP contribution is 2.26. The van der Waals surface area contributed by atoms with Gasteiger partial charge in [0.15, 0.2) is 0 Å². The van der Waals surface area contributed by atoms with Crippen LogP contribution in [0.5, 0.6) is 0 Å². The Morgan fingerprint density at radius 3 is 2.23 bits per heavy atom.